The van der Waals surface area contributed by atoms with Crippen LogP contribution >= 0.6 is 15.9 Å². The number of rotatable bonds is 13. The summed E-state index contributed by atoms with van der Waals surface area (Å²) in [4.78, 5) is 2.38. The van der Waals surface area contributed by atoms with Gasteiger partial charge in [0.2, 0.25) is 0 Å². The Bertz CT molecular complexity index is 7370. The van der Waals surface area contributed by atoms with E-state index in [9.17, 15) is 0 Å². The molecule has 117 heavy (non-hydrogen) atoms. The highest BCUT2D eigenvalue weighted by Gasteiger charge is 2.21. The number of fused-ring (bicyclic) bond motifs is 10. The van der Waals surface area contributed by atoms with Crippen LogP contribution < -0.4 is 10.2 Å². The summed E-state index contributed by atoms with van der Waals surface area (Å²) in [6.45, 7) is 0. The first-order chi connectivity index (χ1) is 57.9. The summed E-state index contributed by atoms with van der Waals surface area (Å²) < 4.78 is 13.8. The molecular weight excluding hydrogens is 1490 g/mol. The molecule has 22 aromatic rings. The number of anilines is 5. The van der Waals surface area contributed by atoms with Crippen molar-refractivity contribution in [3.05, 3.63) is 453 Å². The van der Waals surface area contributed by atoms with E-state index in [1.165, 1.54) is 110 Å². The molecule has 0 unspecified atom stereocenters. The maximum atomic E-state index is 6.44. The molecule has 4 nitrogen and oxygen atoms in total. The predicted molar refractivity (Wildman–Crippen MR) is 500 cm³/mol. The van der Waals surface area contributed by atoms with Crippen LogP contribution in [0.1, 0.15) is 0 Å². The summed E-state index contributed by atoms with van der Waals surface area (Å²) in [5, 5.41) is 18.3. The van der Waals surface area contributed by atoms with Gasteiger partial charge >= 0.3 is 0 Å². The lowest BCUT2D eigenvalue weighted by molar-refractivity contribution is 0.669. The van der Waals surface area contributed by atoms with Gasteiger partial charge in [-0.15, -0.1) is 0 Å². The quantitative estimate of drug-likeness (QED) is 0.125. The average molecular weight is 1560 g/mol. The van der Waals surface area contributed by atoms with Gasteiger partial charge in [0.25, 0.3) is 0 Å². The lowest BCUT2D eigenvalue weighted by Crippen LogP contribution is -2.11. The van der Waals surface area contributed by atoms with E-state index in [4.69, 9.17) is 8.83 Å². The number of hydrogen-bond donors (Lipinski definition) is 1. The second-order valence-electron chi connectivity index (χ2n) is 29.5. The van der Waals surface area contributed by atoms with E-state index >= 15 is 0 Å². The van der Waals surface area contributed by atoms with Gasteiger partial charge in [-0.05, 0) is 183 Å². The normalized spacial score (nSPS) is 11.3. The maximum absolute atomic E-state index is 6.44. The van der Waals surface area contributed by atoms with Crippen LogP contribution in [-0.2, 0) is 0 Å². The molecule has 20 aromatic carbocycles. The van der Waals surface area contributed by atoms with Gasteiger partial charge in [-0.25, -0.2) is 0 Å². The lowest BCUT2D eigenvalue weighted by atomic mass is 9.95. The Labute approximate surface area is 687 Å². The molecule has 2 aromatic heterocycles. The van der Waals surface area contributed by atoms with Gasteiger partial charge in [0.1, 0.15) is 22.3 Å². The van der Waals surface area contributed by atoms with E-state index in [0.717, 1.165) is 99.0 Å². The van der Waals surface area contributed by atoms with E-state index < -0.39 is 0 Å². The Balaban J connectivity index is 0.000000126. The van der Waals surface area contributed by atoms with E-state index in [2.05, 4.69) is 451 Å². The third-order valence-corrected chi connectivity index (χ3v) is 23.1. The summed E-state index contributed by atoms with van der Waals surface area (Å²) in [5.41, 5.74) is 28.1. The number of para-hydroxylation sites is 6. The van der Waals surface area contributed by atoms with Gasteiger partial charge in [-0.3, -0.25) is 0 Å². The van der Waals surface area contributed by atoms with Crippen molar-refractivity contribution in [2.75, 3.05) is 10.2 Å². The largest absolute Gasteiger partial charge is 0.455 e. The van der Waals surface area contributed by atoms with Crippen LogP contribution in [0.4, 0.5) is 28.4 Å². The van der Waals surface area contributed by atoms with E-state index in [0.29, 0.717) is 0 Å². The summed E-state index contributed by atoms with van der Waals surface area (Å²) in [6.07, 6.45) is 0. The third-order valence-electron chi connectivity index (χ3n) is 22.6. The Morgan fingerprint density at radius 3 is 0.940 bits per heavy atom. The molecule has 1 N–H and O–H groups in total. The Morgan fingerprint density at radius 1 is 0.197 bits per heavy atom. The van der Waals surface area contributed by atoms with Crippen LogP contribution in [0.25, 0.3) is 176 Å². The van der Waals surface area contributed by atoms with Crippen LogP contribution in [0.5, 0.6) is 0 Å². The Morgan fingerprint density at radius 2 is 0.479 bits per heavy atom. The molecule has 0 fully saturated rings. The standard InChI is InChI=1S/C56H37NO.C34H23NO.C22H15Br/c1-3-16-46-40(12-1)14-9-20-47(46)42-28-26-38(27-29-42)39-30-34-44(35-31-39)57(54-24-7-5-18-51(54)50-22-10-15-41-13-2-4-17-48(41)50)45-36-32-43(33-37-45)49-21-11-23-53-52-19-6-8-25-55(52)58-56(49)53;1-2-11-26-23(9-1)10-7-15-28(26)29-12-3-5-17-32(29)35-25-21-19-24(20-22-25)27-14-8-16-31-30-13-4-6-18-33(30)36-34(27)31;23-20-14-12-17(13-15-20)16-8-10-19(11-9-16)22-7-3-5-18-4-1-2-6-21(18)22/h1-37H;1-22,35H;1-15H. The molecule has 2 heterocycles. The molecule has 0 saturated heterocycles. The van der Waals surface area contributed by atoms with Crippen molar-refractivity contribution in [3.63, 3.8) is 0 Å². The van der Waals surface area contributed by atoms with E-state index in [1.54, 1.807) is 0 Å². The summed E-state index contributed by atoms with van der Waals surface area (Å²) in [7, 11) is 0. The molecule has 0 atom stereocenters. The molecule has 0 radical (unpaired) electrons. The first-order valence-electron chi connectivity index (χ1n) is 39.7. The molecule has 0 amide bonds. The van der Waals surface area contributed by atoms with Crippen molar-refractivity contribution in [3.8, 4) is 89.0 Å². The number of nitrogens with one attached hydrogen (secondary N) is 1. The van der Waals surface area contributed by atoms with Crippen LogP contribution in [-0.4, -0.2) is 0 Å². The van der Waals surface area contributed by atoms with Gasteiger partial charge < -0.3 is 19.1 Å². The summed E-state index contributed by atoms with van der Waals surface area (Å²) in [5.74, 6) is 0. The third kappa shape index (κ3) is 14.1. The van der Waals surface area contributed by atoms with Gasteiger partial charge in [0.05, 0.1) is 5.69 Å². The van der Waals surface area contributed by atoms with Gasteiger partial charge in [-0.2, -0.15) is 0 Å². The molecular formula is C112H75BrN2O2. The monoisotopic (exact) mass is 1560 g/mol. The van der Waals surface area contributed by atoms with Gasteiger partial charge in [0.15, 0.2) is 0 Å². The van der Waals surface area contributed by atoms with Crippen molar-refractivity contribution in [1.29, 1.82) is 0 Å². The molecule has 0 bridgehead atoms. The predicted octanol–water partition coefficient (Wildman–Crippen LogP) is 32.8. The molecule has 5 heteroatoms. The van der Waals surface area contributed by atoms with Gasteiger partial charge in [0, 0.05) is 71.0 Å². The van der Waals surface area contributed by atoms with Crippen LogP contribution in [0.2, 0.25) is 0 Å². The number of nitrogens with zero attached hydrogens (tertiary/aromatic N) is 1. The minimum absolute atomic E-state index is 0.905. The molecule has 0 saturated carbocycles. The molecule has 0 aliphatic heterocycles. The number of benzene rings is 20. The maximum Gasteiger partial charge on any atom is 0.143 e. The number of hydrogen-bond acceptors (Lipinski definition) is 4. The number of halogens is 1. The highest BCUT2D eigenvalue weighted by atomic mass is 79.9. The topological polar surface area (TPSA) is 41.6 Å². The second kappa shape index (κ2) is 31.6. The highest BCUT2D eigenvalue weighted by molar-refractivity contribution is 9.10. The van der Waals surface area contributed by atoms with E-state index in [1.807, 2.05) is 24.3 Å². The minimum atomic E-state index is 0.905. The Hall–Kier alpha value is -14.9. The van der Waals surface area contributed by atoms with Crippen LogP contribution in [0.15, 0.2) is 462 Å². The molecule has 552 valence electrons. The highest BCUT2D eigenvalue weighted by Crippen LogP contribution is 2.46. The van der Waals surface area contributed by atoms with Crippen molar-refractivity contribution in [2.45, 2.75) is 0 Å². The molecule has 22 rings (SSSR count). The number of furan rings is 2. The van der Waals surface area contributed by atoms with Crippen LogP contribution in [0.3, 0.4) is 0 Å². The zero-order valence-electron chi connectivity index (χ0n) is 63.9. The van der Waals surface area contributed by atoms with Crippen molar-refractivity contribution in [1.82, 2.24) is 0 Å². The fourth-order valence-corrected chi connectivity index (χ4v) is 17.0. The van der Waals surface area contributed by atoms with E-state index in [-0.39, 0.29) is 0 Å². The second-order valence-corrected chi connectivity index (χ2v) is 30.4. The van der Waals surface area contributed by atoms with Crippen molar-refractivity contribution < 1.29 is 8.83 Å². The molecule has 0 spiro atoms. The van der Waals surface area contributed by atoms with Gasteiger partial charge in [-0.1, -0.05) is 392 Å². The lowest BCUT2D eigenvalue weighted by Gasteiger charge is -2.28. The molecule has 0 aliphatic carbocycles. The Kier molecular flexibility index (Phi) is 19.2. The van der Waals surface area contributed by atoms with Crippen molar-refractivity contribution in [2.24, 2.45) is 0 Å². The first kappa shape index (κ1) is 71.2. The fourth-order valence-electron chi connectivity index (χ4n) is 16.8. The SMILES string of the molecule is Brc1ccc(-c2ccc(-c3cccc4ccccc34)cc2)cc1.c1ccc(-c2cccc3ccccc23)c(Nc2ccc(-c3cccc4c3oc3ccccc34)cc2)c1.c1ccc(N(c2ccc(-c3ccc(-c4cccc5ccccc45)cc3)cc2)c2ccc(-c3cccc4c3oc3ccccc34)cc2)c(-c2cccc3ccccc23)c1. The fraction of sp³-hybridized carbons (Fsp3) is 0. The zero-order chi connectivity index (χ0) is 78.0. The van der Waals surface area contributed by atoms with Crippen molar-refractivity contribution >= 4 is 131 Å². The summed E-state index contributed by atoms with van der Waals surface area (Å²) in [6, 6.07) is 160. The first-order valence-corrected chi connectivity index (χ1v) is 40.5. The minimum Gasteiger partial charge on any atom is -0.455 e. The van der Waals surface area contributed by atoms with Crippen LogP contribution in [0, 0.1) is 0 Å². The average Bonchev–Trinajstić information content (AvgIpc) is 1.74. The zero-order valence-corrected chi connectivity index (χ0v) is 65.5. The smallest absolute Gasteiger partial charge is 0.143 e. The summed E-state index contributed by atoms with van der Waals surface area (Å²) >= 11 is 3.48. The molecule has 0 aliphatic rings.